The molecule has 9 heteroatoms. The van der Waals surface area contributed by atoms with Crippen LogP contribution in [0.4, 0.5) is 10.5 Å². The van der Waals surface area contributed by atoms with Crippen LogP contribution in [-0.4, -0.2) is 27.6 Å². The molecule has 0 atom stereocenters. The minimum absolute atomic E-state index is 0.124. The van der Waals surface area contributed by atoms with Crippen LogP contribution in [0.25, 0.3) is 6.08 Å². The number of hydrogen-bond acceptors (Lipinski definition) is 6. The topological polar surface area (TPSA) is 89.8 Å². The van der Waals surface area contributed by atoms with E-state index in [9.17, 15) is 19.7 Å². The highest BCUT2D eigenvalue weighted by Gasteiger charge is 2.36. The SMILES string of the molecule is CCOc1ccc(/C=C2\SC(=O)N(Cc3ccccc3[N+](=O)[O-])C2=O)cc1Br. The van der Waals surface area contributed by atoms with Gasteiger partial charge in [-0.2, -0.15) is 0 Å². The van der Waals surface area contributed by atoms with Crippen molar-refractivity contribution in [3.05, 3.63) is 73.1 Å². The molecule has 1 aliphatic rings. The molecule has 1 aliphatic heterocycles. The van der Waals surface area contributed by atoms with E-state index < -0.39 is 16.1 Å². The number of carbonyl (C=O) groups excluding carboxylic acids is 2. The Bertz CT molecular complexity index is 992. The second-order valence-corrected chi connectivity index (χ2v) is 7.62. The first kappa shape index (κ1) is 20.1. The van der Waals surface area contributed by atoms with Crippen LogP contribution < -0.4 is 4.74 Å². The molecule has 0 radical (unpaired) electrons. The third kappa shape index (κ3) is 4.26. The van der Waals surface area contributed by atoms with Gasteiger partial charge in [0.15, 0.2) is 0 Å². The number of thioether (sulfide) groups is 1. The Balaban J connectivity index is 1.83. The zero-order chi connectivity index (χ0) is 20.3. The van der Waals surface area contributed by atoms with E-state index in [-0.39, 0.29) is 17.1 Å². The van der Waals surface area contributed by atoms with Gasteiger partial charge in [0.05, 0.1) is 27.5 Å². The molecule has 1 heterocycles. The zero-order valence-electron chi connectivity index (χ0n) is 14.8. The summed E-state index contributed by atoms with van der Waals surface area (Å²) in [6.07, 6.45) is 1.62. The number of nitro groups is 1. The van der Waals surface area contributed by atoms with Gasteiger partial charge in [-0.1, -0.05) is 24.3 Å². The number of hydrogen-bond donors (Lipinski definition) is 0. The van der Waals surface area contributed by atoms with Crippen LogP contribution in [0.1, 0.15) is 18.1 Å². The fourth-order valence-electron chi connectivity index (χ4n) is 2.66. The van der Waals surface area contributed by atoms with Gasteiger partial charge in [0.1, 0.15) is 5.75 Å². The maximum Gasteiger partial charge on any atom is 0.293 e. The van der Waals surface area contributed by atoms with Crippen LogP contribution in [0.2, 0.25) is 0 Å². The van der Waals surface area contributed by atoms with Crippen molar-refractivity contribution >= 4 is 50.6 Å². The van der Waals surface area contributed by atoms with Crippen LogP contribution in [0, 0.1) is 10.1 Å². The number of carbonyl (C=O) groups is 2. The lowest BCUT2D eigenvalue weighted by atomic mass is 10.1. The molecule has 0 saturated carbocycles. The number of benzene rings is 2. The van der Waals surface area contributed by atoms with Gasteiger partial charge >= 0.3 is 0 Å². The Hall–Kier alpha value is -2.65. The quantitative estimate of drug-likeness (QED) is 0.341. The molecule has 28 heavy (non-hydrogen) atoms. The van der Waals surface area contributed by atoms with Crippen molar-refractivity contribution in [1.82, 2.24) is 4.90 Å². The molecule has 2 aromatic carbocycles. The summed E-state index contributed by atoms with van der Waals surface area (Å²) in [5, 5.41) is 10.7. The number of para-hydroxylation sites is 1. The first-order chi connectivity index (χ1) is 13.4. The molecule has 0 N–H and O–H groups in total. The van der Waals surface area contributed by atoms with Gasteiger partial charge in [-0.05, 0) is 58.4 Å². The molecule has 1 fully saturated rings. The van der Waals surface area contributed by atoms with Crippen LogP contribution in [-0.2, 0) is 11.3 Å². The van der Waals surface area contributed by atoms with E-state index in [1.807, 2.05) is 6.92 Å². The van der Waals surface area contributed by atoms with Crippen molar-refractivity contribution in [3.8, 4) is 5.75 Å². The first-order valence-electron chi connectivity index (χ1n) is 8.30. The van der Waals surface area contributed by atoms with Gasteiger partial charge in [-0.15, -0.1) is 0 Å². The van der Waals surface area contributed by atoms with E-state index in [1.54, 1.807) is 36.4 Å². The standard InChI is InChI=1S/C19H15BrN2O5S/c1-2-27-16-8-7-12(9-14(16)20)10-17-18(23)21(19(24)28-17)11-13-5-3-4-6-15(13)22(25)26/h3-10H,2,11H2,1H3/b17-10-. The van der Waals surface area contributed by atoms with E-state index in [1.165, 1.54) is 12.1 Å². The van der Waals surface area contributed by atoms with Crippen molar-refractivity contribution in [3.63, 3.8) is 0 Å². The maximum absolute atomic E-state index is 12.7. The molecule has 2 amide bonds. The maximum atomic E-state index is 12.7. The average Bonchev–Trinajstić information content (AvgIpc) is 2.92. The minimum Gasteiger partial charge on any atom is -0.493 e. The predicted octanol–water partition coefficient (Wildman–Crippen LogP) is 4.99. The summed E-state index contributed by atoms with van der Waals surface area (Å²) in [6, 6.07) is 11.4. The van der Waals surface area contributed by atoms with Crippen LogP contribution in [0.15, 0.2) is 51.8 Å². The molecule has 0 spiro atoms. The monoisotopic (exact) mass is 462 g/mol. The Morgan fingerprint density at radius 2 is 2.00 bits per heavy atom. The zero-order valence-corrected chi connectivity index (χ0v) is 17.2. The molecular weight excluding hydrogens is 448 g/mol. The molecular formula is C19H15BrN2O5S. The smallest absolute Gasteiger partial charge is 0.293 e. The number of halogens is 1. The van der Waals surface area contributed by atoms with Crippen LogP contribution >= 0.6 is 27.7 Å². The molecule has 3 rings (SSSR count). The van der Waals surface area contributed by atoms with Gasteiger partial charge in [0.2, 0.25) is 0 Å². The van der Waals surface area contributed by atoms with Crippen molar-refractivity contribution in [1.29, 1.82) is 0 Å². The van der Waals surface area contributed by atoms with E-state index >= 15 is 0 Å². The number of imide groups is 1. The largest absolute Gasteiger partial charge is 0.493 e. The highest BCUT2D eigenvalue weighted by atomic mass is 79.9. The molecule has 0 unspecified atom stereocenters. The van der Waals surface area contributed by atoms with E-state index in [0.29, 0.717) is 17.9 Å². The van der Waals surface area contributed by atoms with Gasteiger partial charge in [0.25, 0.3) is 16.8 Å². The third-order valence-corrected chi connectivity index (χ3v) is 5.47. The third-order valence-electron chi connectivity index (χ3n) is 3.94. The van der Waals surface area contributed by atoms with Gasteiger partial charge in [-0.25, -0.2) is 0 Å². The molecule has 2 aromatic rings. The summed E-state index contributed by atoms with van der Waals surface area (Å²) >= 11 is 4.23. The molecule has 0 aliphatic carbocycles. The number of amides is 2. The molecule has 0 aromatic heterocycles. The summed E-state index contributed by atoms with van der Waals surface area (Å²) in [5.41, 5.74) is 0.910. The normalized spacial score (nSPS) is 15.4. The lowest BCUT2D eigenvalue weighted by molar-refractivity contribution is -0.385. The minimum atomic E-state index is -0.526. The lowest BCUT2D eigenvalue weighted by Gasteiger charge is -2.12. The van der Waals surface area contributed by atoms with Crippen molar-refractivity contribution in [2.45, 2.75) is 13.5 Å². The Morgan fingerprint density at radius 3 is 2.68 bits per heavy atom. The number of rotatable bonds is 6. The fraction of sp³-hybridized carbons (Fsp3) is 0.158. The summed E-state index contributed by atoms with van der Waals surface area (Å²) in [5.74, 6) is 0.210. The van der Waals surface area contributed by atoms with E-state index in [2.05, 4.69) is 15.9 Å². The second-order valence-electron chi connectivity index (χ2n) is 5.78. The number of nitro benzene ring substituents is 1. The summed E-state index contributed by atoms with van der Waals surface area (Å²) in [4.78, 5) is 36.9. The van der Waals surface area contributed by atoms with Crippen LogP contribution in [0.5, 0.6) is 5.75 Å². The fourth-order valence-corrected chi connectivity index (χ4v) is 4.01. The first-order valence-corrected chi connectivity index (χ1v) is 9.91. The summed E-state index contributed by atoms with van der Waals surface area (Å²) in [7, 11) is 0. The van der Waals surface area contributed by atoms with Crippen LogP contribution in [0.3, 0.4) is 0 Å². The van der Waals surface area contributed by atoms with E-state index in [4.69, 9.17) is 4.74 Å². The average molecular weight is 463 g/mol. The highest BCUT2D eigenvalue weighted by Crippen LogP contribution is 2.35. The number of nitrogens with zero attached hydrogens (tertiary/aromatic N) is 2. The van der Waals surface area contributed by atoms with Crippen molar-refractivity contribution in [2.75, 3.05) is 6.61 Å². The molecule has 0 bridgehead atoms. The lowest BCUT2D eigenvalue weighted by Crippen LogP contribution is -2.27. The molecule has 1 saturated heterocycles. The Morgan fingerprint density at radius 1 is 1.25 bits per heavy atom. The molecule has 7 nitrogen and oxygen atoms in total. The summed E-state index contributed by atoms with van der Waals surface area (Å²) < 4.78 is 6.19. The second kappa shape index (κ2) is 8.57. The Labute approximate surface area is 173 Å². The van der Waals surface area contributed by atoms with Gasteiger partial charge in [0, 0.05) is 11.6 Å². The van der Waals surface area contributed by atoms with Gasteiger partial charge in [-0.3, -0.25) is 24.6 Å². The summed E-state index contributed by atoms with van der Waals surface area (Å²) in [6.45, 7) is 2.27. The highest BCUT2D eigenvalue weighted by molar-refractivity contribution is 9.10. The Kier molecular flexibility index (Phi) is 6.15. The number of ether oxygens (including phenoxy) is 1. The van der Waals surface area contributed by atoms with Gasteiger partial charge < -0.3 is 4.74 Å². The predicted molar refractivity (Wildman–Crippen MR) is 110 cm³/mol. The van der Waals surface area contributed by atoms with E-state index in [0.717, 1.165) is 26.7 Å². The van der Waals surface area contributed by atoms with Crippen molar-refractivity contribution in [2.24, 2.45) is 0 Å². The molecule has 144 valence electrons. The van der Waals surface area contributed by atoms with Crippen molar-refractivity contribution < 1.29 is 19.2 Å².